The minimum absolute atomic E-state index is 0.145. The molecular weight excluding hydrogens is 428 g/mol. The predicted molar refractivity (Wildman–Crippen MR) is 120 cm³/mol. The number of para-hydroxylation sites is 1. The van der Waals surface area contributed by atoms with E-state index in [4.69, 9.17) is 4.52 Å². The SMILES string of the molecule is Cc1c(-c2nc(-c3ccncc3)no2)sc2ncn(CC(=O)Nc3ccccc3)c(=O)c12. The van der Waals surface area contributed by atoms with Gasteiger partial charge in [0.2, 0.25) is 11.7 Å². The molecule has 0 atom stereocenters. The van der Waals surface area contributed by atoms with E-state index in [2.05, 4.69) is 25.4 Å². The van der Waals surface area contributed by atoms with Crippen LogP contribution in [-0.2, 0) is 11.3 Å². The van der Waals surface area contributed by atoms with Crippen LogP contribution in [0.2, 0.25) is 0 Å². The van der Waals surface area contributed by atoms with E-state index in [0.29, 0.717) is 38.1 Å². The van der Waals surface area contributed by atoms with Crippen LogP contribution in [0.5, 0.6) is 0 Å². The number of hydrogen-bond donors (Lipinski definition) is 1. The molecular formula is C22H16N6O3S. The molecule has 158 valence electrons. The molecule has 32 heavy (non-hydrogen) atoms. The molecule has 1 N–H and O–H groups in total. The third-order valence-corrected chi connectivity index (χ3v) is 6.04. The molecule has 1 aromatic carbocycles. The highest BCUT2D eigenvalue weighted by atomic mass is 32.1. The average Bonchev–Trinajstić information content (AvgIpc) is 3.42. The summed E-state index contributed by atoms with van der Waals surface area (Å²) in [6, 6.07) is 12.6. The maximum absolute atomic E-state index is 13.1. The number of rotatable bonds is 5. The Bertz CT molecular complexity index is 1470. The number of benzene rings is 1. The third kappa shape index (κ3) is 3.67. The zero-order chi connectivity index (χ0) is 22.1. The van der Waals surface area contributed by atoms with Gasteiger partial charge in [0.15, 0.2) is 0 Å². The van der Waals surface area contributed by atoms with E-state index in [1.54, 1.807) is 36.7 Å². The number of pyridine rings is 1. The molecule has 0 saturated carbocycles. The number of fused-ring (bicyclic) bond motifs is 1. The van der Waals surface area contributed by atoms with Gasteiger partial charge in [-0.25, -0.2) is 4.98 Å². The fourth-order valence-corrected chi connectivity index (χ4v) is 4.35. The summed E-state index contributed by atoms with van der Waals surface area (Å²) >= 11 is 1.30. The summed E-state index contributed by atoms with van der Waals surface area (Å²) in [7, 11) is 0. The molecule has 9 nitrogen and oxygen atoms in total. The number of thiophene rings is 1. The zero-order valence-corrected chi connectivity index (χ0v) is 17.7. The molecule has 0 fully saturated rings. The Labute approximate surface area is 185 Å². The van der Waals surface area contributed by atoms with Crippen molar-refractivity contribution >= 4 is 33.1 Å². The van der Waals surface area contributed by atoms with Gasteiger partial charge in [0.05, 0.1) is 16.6 Å². The molecule has 1 amide bonds. The normalized spacial score (nSPS) is 11.0. The maximum atomic E-state index is 13.1. The Morgan fingerprint density at radius 3 is 2.72 bits per heavy atom. The van der Waals surface area contributed by atoms with Gasteiger partial charge >= 0.3 is 0 Å². The molecule has 0 radical (unpaired) electrons. The van der Waals surface area contributed by atoms with Gasteiger partial charge in [-0.1, -0.05) is 23.4 Å². The van der Waals surface area contributed by atoms with Gasteiger partial charge < -0.3 is 9.84 Å². The number of anilines is 1. The lowest BCUT2D eigenvalue weighted by molar-refractivity contribution is -0.116. The minimum atomic E-state index is -0.313. The van der Waals surface area contributed by atoms with E-state index in [1.807, 2.05) is 25.1 Å². The van der Waals surface area contributed by atoms with Gasteiger partial charge in [-0.05, 0) is 36.8 Å². The zero-order valence-electron chi connectivity index (χ0n) is 16.8. The van der Waals surface area contributed by atoms with Crippen LogP contribution in [0.15, 0.2) is 70.5 Å². The van der Waals surface area contributed by atoms with Crippen molar-refractivity contribution in [2.45, 2.75) is 13.5 Å². The summed E-state index contributed by atoms with van der Waals surface area (Å²) in [5.41, 5.74) is 1.82. The van der Waals surface area contributed by atoms with E-state index in [-0.39, 0.29) is 18.0 Å². The molecule has 0 spiro atoms. The summed E-state index contributed by atoms with van der Waals surface area (Å²) in [5, 5.41) is 7.23. The van der Waals surface area contributed by atoms with Crippen LogP contribution in [0.4, 0.5) is 5.69 Å². The number of carbonyl (C=O) groups excluding carboxylic acids is 1. The van der Waals surface area contributed by atoms with Crippen molar-refractivity contribution in [2.24, 2.45) is 0 Å². The largest absolute Gasteiger partial charge is 0.333 e. The lowest BCUT2D eigenvalue weighted by Crippen LogP contribution is -2.27. The minimum Gasteiger partial charge on any atom is -0.333 e. The van der Waals surface area contributed by atoms with E-state index >= 15 is 0 Å². The van der Waals surface area contributed by atoms with E-state index in [0.717, 1.165) is 5.56 Å². The van der Waals surface area contributed by atoms with Crippen molar-refractivity contribution in [3.8, 4) is 22.2 Å². The van der Waals surface area contributed by atoms with Crippen LogP contribution in [-0.4, -0.2) is 30.6 Å². The molecule has 0 unspecified atom stereocenters. The number of carbonyl (C=O) groups is 1. The Kier molecular flexibility index (Phi) is 5.04. The Morgan fingerprint density at radius 1 is 1.16 bits per heavy atom. The summed E-state index contributed by atoms with van der Waals surface area (Å²) < 4.78 is 6.74. The first-order chi connectivity index (χ1) is 15.6. The van der Waals surface area contributed by atoms with Gasteiger partial charge in [-0.2, -0.15) is 4.98 Å². The third-order valence-electron chi connectivity index (χ3n) is 4.85. The number of nitrogens with one attached hydrogen (secondary N) is 1. The fraction of sp³-hybridized carbons (Fsp3) is 0.0909. The summed E-state index contributed by atoms with van der Waals surface area (Å²) in [4.78, 5) is 39.5. The van der Waals surface area contributed by atoms with Crippen LogP contribution < -0.4 is 10.9 Å². The number of aromatic nitrogens is 5. The Hall–Kier alpha value is -4.18. The van der Waals surface area contributed by atoms with E-state index < -0.39 is 0 Å². The van der Waals surface area contributed by atoms with Gasteiger partial charge in [-0.3, -0.25) is 19.1 Å². The molecule has 10 heteroatoms. The quantitative estimate of drug-likeness (QED) is 0.441. The molecule has 0 aliphatic carbocycles. The molecule has 4 aromatic heterocycles. The molecule has 4 heterocycles. The lowest BCUT2D eigenvalue weighted by Gasteiger charge is -2.07. The van der Waals surface area contributed by atoms with Crippen LogP contribution >= 0.6 is 11.3 Å². The first-order valence-corrected chi connectivity index (χ1v) is 10.5. The second kappa shape index (κ2) is 8.16. The van der Waals surface area contributed by atoms with Crippen LogP contribution in [0, 0.1) is 6.92 Å². The van der Waals surface area contributed by atoms with Crippen LogP contribution in [0.1, 0.15) is 5.56 Å². The van der Waals surface area contributed by atoms with E-state index in [1.165, 1.54) is 22.2 Å². The van der Waals surface area contributed by atoms with Gasteiger partial charge in [0.25, 0.3) is 11.4 Å². The second-order valence-electron chi connectivity index (χ2n) is 6.99. The number of amides is 1. The Morgan fingerprint density at radius 2 is 1.94 bits per heavy atom. The van der Waals surface area contributed by atoms with Gasteiger partial charge in [0, 0.05) is 23.6 Å². The van der Waals surface area contributed by atoms with Crippen molar-refractivity contribution < 1.29 is 9.32 Å². The van der Waals surface area contributed by atoms with E-state index in [9.17, 15) is 9.59 Å². The predicted octanol–water partition coefficient (Wildman–Crippen LogP) is 3.52. The van der Waals surface area contributed by atoms with Gasteiger partial charge in [-0.15, -0.1) is 11.3 Å². The first-order valence-electron chi connectivity index (χ1n) is 9.68. The second-order valence-corrected chi connectivity index (χ2v) is 7.99. The maximum Gasteiger partial charge on any atom is 0.268 e. The van der Waals surface area contributed by atoms with Crippen LogP contribution in [0.3, 0.4) is 0 Å². The van der Waals surface area contributed by atoms with Crippen molar-refractivity contribution in [3.63, 3.8) is 0 Å². The number of aryl methyl sites for hydroxylation is 1. The highest BCUT2D eigenvalue weighted by Gasteiger charge is 2.21. The van der Waals surface area contributed by atoms with Crippen LogP contribution in [0.25, 0.3) is 32.4 Å². The van der Waals surface area contributed by atoms with Crippen molar-refractivity contribution in [2.75, 3.05) is 5.32 Å². The number of nitrogens with zero attached hydrogens (tertiary/aromatic N) is 5. The van der Waals surface area contributed by atoms with Gasteiger partial charge in [0.1, 0.15) is 11.4 Å². The highest BCUT2D eigenvalue weighted by molar-refractivity contribution is 7.22. The lowest BCUT2D eigenvalue weighted by atomic mass is 10.2. The fourth-order valence-electron chi connectivity index (χ4n) is 3.29. The molecule has 0 bridgehead atoms. The smallest absolute Gasteiger partial charge is 0.268 e. The molecule has 0 aliphatic heterocycles. The summed E-state index contributed by atoms with van der Waals surface area (Å²) in [6.07, 6.45) is 4.68. The Balaban J connectivity index is 1.46. The topological polar surface area (TPSA) is 116 Å². The molecule has 5 aromatic rings. The standard InChI is InChI=1S/C22H16N6O3S/c1-13-17-21(32-18(13)20-26-19(27-31-20)14-7-9-23-10-8-14)24-12-28(22(17)30)11-16(29)25-15-5-3-2-4-6-15/h2-10,12H,11H2,1H3,(H,25,29). The number of hydrogen-bond acceptors (Lipinski definition) is 8. The monoisotopic (exact) mass is 444 g/mol. The highest BCUT2D eigenvalue weighted by Crippen LogP contribution is 2.35. The van der Waals surface area contributed by atoms with Crippen molar-refractivity contribution in [1.29, 1.82) is 0 Å². The average molecular weight is 444 g/mol. The molecule has 0 saturated heterocycles. The van der Waals surface area contributed by atoms with Crippen molar-refractivity contribution in [1.82, 2.24) is 24.7 Å². The first kappa shape index (κ1) is 19.8. The summed E-state index contributed by atoms with van der Waals surface area (Å²) in [5.74, 6) is 0.429. The molecule has 0 aliphatic rings. The van der Waals surface area contributed by atoms with Crippen molar-refractivity contribution in [3.05, 3.63) is 77.1 Å². The molecule has 5 rings (SSSR count). The summed E-state index contributed by atoms with van der Waals surface area (Å²) in [6.45, 7) is 1.66.